The molecule has 2 rings (SSSR count). The SMILES string of the molecule is CNCc1c(C)nn(Cc2ccc(Cl)cc2F)c1C. The first kappa shape index (κ1) is 14.0. The smallest absolute Gasteiger partial charge is 0.129 e. The van der Waals surface area contributed by atoms with Crippen molar-refractivity contribution < 1.29 is 4.39 Å². The molecule has 5 heteroatoms. The number of halogens is 2. The van der Waals surface area contributed by atoms with Crippen LogP contribution in [0.1, 0.15) is 22.5 Å². The summed E-state index contributed by atoms with van der Waals surface area (Å²) in [6.07, 6.45) is 0. The predicted octanol–water partition coefficient (Wildman–Crippen LogP) is 3.06. The van der Waals surface area contributed by atoms with Gasteiger partial charge in [-0.15, -0.1) is 0 Å². The highest BCUT2D eigenvalue weighted by Crippen LogP contribution is 2.18. The van der Waals surface area contributed by atoms with E-state index in [0.717, 1.165) is 23.5 Å². The van der Waals surface area contributed by atoms with Gasteiger partial charge in [0.25, 0.3) is 0 Å². The van der Waals surface area contributed by atoms with Crippen molar-refractivity contribution in [3.63, 3.8) is 0 Å². The minimum atomic E-state index is -0.296. The van der Waals surface area contributed by atoms with Gasteiger partial charge in [0.05, 0.1) is 12.2 Å². The molecule has 102 valence electrons. The van der Waals surface area contributed by atoms with Crippen LogP contribution in [-0.4, -0.2) is 16.8 Å². The molecule has 1 aromatic heterocycles. The van der Waals surface area contributed by atoms with Gasteiger partial charge in [0.1, 0.15) is 5.82 Å². The first-order valence-electron chi connectivity index (χ1n) is 6.14. The molecule has 0 aliphatic rings. The van der Waals surface area contributed by atoms with Crippen LogP contribution in [0, 0.1) is 19.7 Å². The molecular formula is C14H17ClFN3. The van der Waals surface area contributed by atoms with Crippen LogP contribution >= 0.6 is 11.6 Å². The Labute approximate surface area is 117 Å². The van der Waals surface area contributed by atoms with Gasteiger partial charge in [-0.1, -0.05) is 17.7 Å². The fourth-order valence-corrected chi connectivity index (χ4v) is 2.29. The summed E-state index contributed by atoms with van der Waals surface area (Å²) in [7, 11) is 1.90. The van der Waals surface area contributed by atoms with E-state index >= 15 is 0 Å². The Bertz CT molecular complexity index is 593. The number of nitrogens with zero attached hydrogens (tertiary/aromatic N) is 2. The minimum absolute atomic E-state index is 0.296. The van der Waals surface area contributed by atoms with Gasteiger partial charge in [-0.2, -0.15) is 5.10 Å². The highest BCUT2D eigenvalue weighted by molar-refractivity contribution is 6.30. The number of benzene rings is 1. The van der Waals surface area contributed by atoms with Crippen LogP contribution in [0.5, 0.6) is 0 Å². The summed E-state index contributed by atoms with van der Waals surface area (Å²) in [5.74, 6) is -0.296. The zero-order valence-corrected chi connectivity index (χ0v) is 12.1. The minimum Gasteiger partial charge on any atom is -0.316 e. The molecule has 1 heterocycles. The highest BCUT2D eigenvalue weighted by Gasteiger charge is 2.12. The molecule has 1 aromatic carbocycles. The van der Waals surface area contributed by atoms with E-state index in [1.54, 1.807) is 12.1 Å². The van der Waals surface area contributed by atoms with E-state index in [-0.39, 0.29) is 5.82 Å². The average molecular weight is 282 g/mol. The van der Waals surface area contributed by atoms with Gasteiger partial charge in [-0.3, -0.25) is 4.68 Å². The third-order valence-corrected chi connectivity index (χ3v) is 3.46. The van der Waals surface area contributed by atoms with Crippen molar-refractivity contribution in [1.29, 1.82) is 0 Å². The highest BCUT2D eigenvalue weighted by atomic mass is 35.5. The van der Waals surface area contributed by atoms with E-state index in [1.807, 2.05) is 25.6 Å². The lowest BCUT2D eigenvalue weighted by atomic mass is 10.2. The summed E-state index contributed by atoms with van der Waals surface area (Å²) in [4.78, 5) is 0. The van der Waals surface area contributed by atoms with Crippen molar-refractivity contribution >= 4 is 11.6 Å². The summed E-state index contributed by atoms with van der Waals surface area (Å²) in [6.45, 7) is 5.15. The van der Waals surface area contributed by atoms with Crippen molar-refractivity contribution in [3.05, 3.63) is 51.6 Å². The van der Waals surface area contributed by atoms with Crippen molar-refractivity contribution in [2.45, 2.75) is 26.9 Å². The number of hydrogen-bond acceptors (Lipinski definition) is 2. The Balaban J connectivity index is 2.31. The van der Waals surface area contributed by atoms with Crippen LogP contribution in [0.25, 0.3) is 0 Å². The van der Waals surface area contributed by atoms with Crippen LogP contribution in [-0.2, 0) is 13.1 Å². The molecule has 0 aliphatic carbocycles. The summed E-state index contributed by atoms with van der Waals surface area (Å²) < 4.78 is 15.6. The second-order valence-electron chi connectivity index (χ2n) is 4.57. The maximum atomic E-state index is 13.8. The standard InChI is InChI=1S/C14H17ClFN3/c1-9-13(7-17-3)10(2)19(18-9)8-11-4-5-12(15)6-14(11)16/h4-6,17H,7-8H2,1-3H3. The van der Waals surface area contributed by atoms with Gasteiger partial charge in [0.15, 0.2) is 0 Å². The lowest BCUT2D eigenvalue weighted by Crippen LogP contribution is -2.09. The van der Waals surface area contributed by atoms with Gasteiger partial charge in [0.2, 0.25) is 0 Å². The molecule has 19 heavy (non-hydrogen) atoms. The predicted molar refractivity (Wildman–Crippen MR) is 75.0 cm³/mol. The lowest BCUT2D eigenvalue weighted by molar-refractivity contribution is 0.578. The zero-order valence-electron chi connectivity index (χ0n) is 11.3. The molecule has 0 spiro atoms. The normalized spacial score (nSPS) is 11.0. The summed E-state index contributed by atoms with van der Waals surface area (Å²) in [5, 5.41) is 7.99. The molecule has 0 saturated carbocycles. The van der Waals surface area contributed by atoms with Gasteiger partial charge in [-0.05, 0) is 33.0 Å². The second kappa shape index (κ2) is 5.72. The Hall–Kier alpha value is -1.39. The lowest BCUT2D eigenvalue weighted by Gasteiger charge is -2.07. The Morgan fingerprint density at radius 3 is 2.74 bits per heavy atom. The largest absolute Gasteiger partial charge is 0.316 e. The third kappa shape index (κ3) is 2.96. The molecule has 0 unspecified atom stereocenters. The summed E-state index contributed by atoms with van der Waals surface area (Å²) in [6, 6.07) is 4.73. The topological polar surface area (TPSA) is 29.9 Å². The number of hydrogen-bond donors (Lipinski definition) is 1. The average Bonchev–Trinajstić information content (AvgIpc) is 2.61. The van der Waals surface area contributed by atoms with Gasteiger partial charge in [-0.25, -0.2) is 4.39 Å². The molecule has 0 saturated heterocycles. The number of aryl methyl sites for hydroxylation is 1. The molecule has 0 atom stereocenters. The van der Waals surface area contributed by atoms with Crippen LogP contribution in [0.2, 0.25) is 5.02 Å². The van der Waals surface area contributed by atoms with Crippen LogP contribution in [0.3, 0.4) is 0 Å². The maximum Gasteiger partial charge on any atom is 0.129 e. The van der Waals surface area contributed by atoms with Gasteiger partial charge >= 0.3 is 0 Å². The first-order valence-corrected chi connectivity index (χ1v) is 6.52. The Morgan fingerprint density at radius 2 is 2.11 bits per heavy atom. The molecule has 3 nitrogen and oxygen atoms in total. The molecule has 1 N–H and O–H groups in total. The van der Waals surface area contributed by atoms with E-state index in [0.29, 0.717) is 17.1 Å². The van der Waals surface area contributed by atoms with Gasteiger partial charge < -0.3 is 5.32 Å². The third-order valence-electron chi connectivity index (χ3n) is 3.22. The fraction of sp³-hybridized carbons (Fsp3) is 0.357. The fourth-order valence-electron chi connectivity index (χ4n) is 2.13. The first-order chi connectivity index (χ1) is 9.02. The molecular weight excluding hydrogens is 265 g/mol. The summed E-state index contributed by atoms with van der Waals surface area (Å²) >= 11 is 5.75. The zero-order chi connectivity index (χ0) is 14.0. The number of nitrogens with one attached hydrogen (secondary N) is 1. The van der Waals surface area contributed by atoms with Gasteiger partial charge in [0, 0.05) is 28.4 Å². The molecule has 0 bridgehead atoms. The van der Waals surface area contributed by atoms with E-state index in [9.17, 15) is 4.39 Å². The van der Waals surface area contributed by atoms with Crippen LogP contribution in [0.4, 0.5) is 4.39 Å². The monoisotopic (exact) mass is 281 g/mol. The van der Waals surface area contributed by atoms with E-state index < -0.39 is 0 Å². The molecule has 0 amide bonds. The molecule has 0 radical (unpaired) electrons. The number of rotatable bonds is 4. The number of aromatic nitrogens is 2. The molecule has 2 aromatic rings. The van der Waals surface area contributed by atoms with Crippen molar-refractivity contribution in [3.8, 4) is 0 Å². The molecule has 0 aliphatic heterocycles. The maximum absolute atomic E-state index is 13.8. The molecule has 0 fully saturated rings. The van der Waals surface area contributed by atoms with E-state index in [4.69, 9.17) is 11.6 Å². The Morgan fingerprint density at radius 1 is 1.37 bits per heavy atom. The van der Waals surface area contributed by atoms with E-state index in [2.05, 4.69) is 10.4 Å². The quantitative estimate of drug-likeness (QED) is 0.933. The van der Waals surface area contributed by atoms with E-state index in [1.165, 1.54) is 6.07 Å². The summed E-state index contributed by atoms with van der Waals surface area (Å²) in [5.41, 5.74) is 3.78. The van der Waals surface area contributed by atoms with Crippen molar-refractivity contribution in [2.24, 2.45) is 0 Å². The van der Waals surface area contributed by atoms with Crippen LogP contribution < -0.4 is 5.32 Å². The Kier molecular flexibility index (Phi) is 4.22. The second-order valence-corrected chi connectivity index (χ2v) is 5.01. The van der Waals surface area contributed by atoms with Crippen molar-refractivity contribution in [1.82, 2.24) is 15.1 Å². The van der Waals surface area contributed by atoms with Crippen LogP contribution in [0.15, 0.2) is 18.2 Å². The van der Waals surface area contributed by atoms with Crippen molar-refractivity contribution in [2.75, 3.05) is 7.05 Å².